The Morgan fingerprint density at radius 2 is 1.94 bits per heavy atom. The maximum Gasteiger partial charge on any atom is 0.273 e. The van der Waals surface area contributed by atoms with Gasteiger partial charge in [-0.1, -0.05) is 30.3 Å². The first-order valence-corrected chi connectivity index (χ1v) is 12.2. The average molecular weight is 510 g/mol. The number of primary amides is 1. The summed E-state index contributed by atoms with van der Waals surface area (Å²) in [4.78, 5) is 40.8. The van der Waals surface area contributed by atoms with E-state index in [0.29, 0.717) is 17.9 Å². The molecule has 0 aliphatic carbocycles. The number of aromatic nitrogens is 1. The summed E-state index contributed by atoms with van der Waals surface area (Å²) in [6.45, 7) is 2.75. The molecule has 1 aromatic heterocycles. The Morgan fingerprint density at radius 1 is 1.22 bits per heavy atom. The topological polar surface area (TPSA) is 161 Å². The molecule has 2 atom stereocenters. The molecule has 2 aromatic carbocycles. The van der Waals surface area contributed by atoms with Gasteiger partial charge in [-0.3, -0.25) is 19.3 Å². The molecule has 36 heavy (non-hydrogen) atoms. The molecule has 10 nitrogen and oxygen atoms in total. The molecule has 6 N–H and O–H groups in total. The maximum atomic E-state index is 14.0. The first-order valence-electron chi connectivity index (χ1n) is 11.4. The van der Waals surface area contributed by atoms with Crippen molar-refractivity contribution in [2.75, 3.05) is 23.8 Å². The smallest absolute Gasteiger partial charge is 0.273 e. The van der Waals surface area contributed by atoms with Crippen molar-refractivity contribution in [1.82, 2.24) is 9.69 Å². The highest BCUT2D eigenvalue weighted by molar-refractivity contribution is 7.09. The van der Waals surface area contributed by atoms with Crippen molar-refractivity contribution < 1.29 is 24.2 Å². The molecular formula is C25H27N5O5S. The fourth-order valence-corrected chi connectivity index (χ4v) is 4.87. The van der Waals surface area contributed by atoms with Crippen LogP contribution >= 0.6 is 11.5 Å². The van der Waals surface area contributed by atoms with Crippen molar-refractivity contribution in [3.63, 3.8) is 0 Å². The van der Waals surface area contributed by atoms with Crippen molar-refractivity contribution in [3.8, 4) is 5.75 Å². The van der Waals surface area contributed by atoms with Crippen molar-refractivity contribution >= 4 is 40.6 Å². The van der Waals surface area contributed by atoms with Gasteiger partial charge in [0.2, 0.25) is 5.91 Å². The quantitative estimate of drug-likeness (QED) is 0.363. The van der Waals surface area contributed by atoms with Crippen LogP contribution in [0.1, 0.15) is 50.2 Å². The van der Waals surface area contributed by atoms with Crippen LogP contribution < -0.4 is 21.7 Å². The van der Waals surface area contributed by atoms with Crippen LogP contribution in [0.5, 0.6) is 5.75 Å². The first-order chi connectivity index (χ1) is 17.3. The Kier molecular flexibility index (Phi) is 7.51. The molecule has 0 spiro atoms. The van der Waals surface area contributed by atoms with E-state index in [9.17, 15) is 19.5 Å². The van der Waals surface area contributed by atoms with Gasteiger partial charge in [0, 0.05) is 18.8 Å². The van der Waals surface area contributed by atoms with Crippen LogP contribution in [0, 0.1) is 6.92 Å². The Labute approximate surface area is 212 Å². The number of hydrogen-bond donors (Lipinski definition) is 4. The summed E-state index contributed by atoms with van der Waals surface area (Å²) in [5.74, 6) is -1.89. The lowest BCUT2D eigenvalue weighted by Gasteiger charge is -2.32. The predicted molar refractivity (Wildman–Crippen MR) is 136 cm³/mol. The highest BCUT2D eigenvalue weighted by atomic mass is 32.1. The van der Waals surface area contributed by atoms with Crippen LogP contribution in [0.2, 0.25) is 0 Å². The number of nitrogen functional groups attached to an aromatic ring is 1. The fraction of sp³-hybridized carbons (Fsp3) is 0.280. The van der Waals surface area contributed by atoms with Gasteiger partial charge in [0.15, 0.2) is 5.69 Å². The van der Waals surface area contributed by atoms with E-state index in [-0.39, 0.29) is 34.7 Å². The summed E-state index contributed by atoms with van der Waals surface area (Å²) in [5.41, 5.74) is 12.8. The lowest BCUT2D eigenvalue weighted by Crippen LogP contribution is -2.45. The number of para-hydroxylation sites is 1. The maximum absolute atomic E-state index is 14.0. The summed E-state index contributed by atoms with van der Waals surface area (Å²) < 4.78 is 9.59. The molecule has 1 fully saturated rings. The third-order valence-corrected chi connectivity index (χ3v) is 6.84. The molecule has 0 saturated carbocycles. The van der Waals surface area contributed by atoms with E-state index >= 15 is 0 Å². The van der Waals surface area contributed by atoms with Gasteiger partial charge in [-0.25, -0.2) is 0 Å². The fourth-order valence-electron chi connectivity index (χ4n) is 4.13. The molecule has 3 amide bonds. The second-order valence-corrected chi connectivity index (χ2v) is 9.25. The van der Waals surface area contributed by atoms with E-state index in [2.05, 4.69) is 9.69 Å². The van der Waals surface area contributed by atoms with E-state index in [4.69, 9.17) is 16.2 Å². The number of anilines is 2. The number of carbonyl (C=O) groups excluding carboxylic acids is 3. The normalized spacial score (nSPS) is 15.9. The van der Waals surface area contributed by atoms with Crippen molar-refractivity contribution in [2.45, 2.75) is 31.9 Å². The van der Waals surface area contributed by atoms with Crippen LogP contribution in [0.25, 0.3) is 0 Å². The number of aryl methyl sites for hydroxylation is 1. The lowest BCUT2D eigenvalue weighted by atomic mass is 10.0. The number of nitrogens with zero attached hydrogens (tertiary/aromatic N) is 2. The Bertz CT molecular complexity index is 1270. The van der Waals surface area contributed by atoms with Crippen LogP contribution in [0.4, 0.5) is 11.4 Å². The van der Waals surface area contributed by atoms with Gasteiger partial charge >= 0.3 is 0 Å². The number of phenolic OH excluding ortho intramolecular Hbond substituents is 1. The summed E-state index contributed by atoms with van der Waals surface area (Å²) >= 11 is 0.743. The molecule has 1 saturated heterocycles. The van der Waals surface area contributed by atoms with Crippen molar-refractivity contribution in [2.24, 2.45) is 5.73 Å². The molecule has 1 aliphatic heterocycles. The van der Waals surface area contributed by atoms with E-state index in [1.165, 1.54) is 17.0 Å². The zero-order chi connectivity index (χ0) is 25.8. The number of phenols is 1. The van der Waals surface area contributed by atoms with E-state index in [0.717, 1.165) is 29.9 Å². The summed E-state index contributed by atoms with van der Waals surface area (Å²) in [6.07, 6.45) is 1.65. The molecule has 188 valence electrons. The summed E-state index contributed by atoms with van der Waals surface area (Å²) in [6, 6.07) is 12.0. The SMILES string of the molecule is Cc1ccccc1N(C(=O)c1snc(C(N)=O)c1N)[C@@H](C(=O)NC[C@H]1CCCO1)c1ccc(O)cc1. The average Bonchev–Trinajstić information content (AvgIpc) is 3.52. The molecule has 3 aromatic rings. The van der Waals surface area contributed by atoms with Crippen molar-refractivity contribution in [1.29, 1.82) is 0 Å². The minimum atomic E-state index is -1.13. The Hall–Kier alpha value is -3.96. The summed E-state index contributed by atoms with van der Waals surface area (Å²) in [7, 11) is 0. The number of ether oxygens (including phenoxy) is 1. The van der Waals surface area contributed by atoms with E-state index in [1.54, 1.807) is 24.3 Å². The van der Waals surface area contributed by atoms with Gasteiger partial charge in [-0.05, 0) is 60.6 Å². The highest BCUT2D eigenvalue weighted by Crippen LogP contribution is 2.35. The minimum Gasteiger partial charge on any atom is -0.508 e. The third-order valence-electron chi connectivity index (χ3n) is 5.99. The third kappa shape index (κ3) is 5.16. The van der Waals surface area contributed by atoms with Gasteiger partial charge in [-0.15, -0.1) is 0 Å². The standard InChI is InChI=1S/C25H27N5O5S/c1-14-5-2-3-7-18(14)30(25(34)22-19(26)20(23(27)32)29-36-22)21(15-8-10-16(31)11-9-15)24(33)28-13-17-6-4-12-35-17/h2-3,5,7-11,17,21,31H,4,6,12-13,26H2,1H3,(H2,27,32)(H,28,33)/t17-,21-/m1/s1. The van der Waals surface area contributed by atoms with Gasteiger partial charge in [0.1, 0.15) is 16.7 Å². The zero-order valence-electron chi connectivity index (χ0n) is 19.6. The Balaban J connectivity index is 1.82. The summed E-state index contributed by atoms with van der Waals surface area (Å²) in [5, 5.41) is 12.8. The molecule has 4 rings (SSSR count). The number of rotatable bonds is 8. The van der Waals surface area contributed by atoms with E-state index in [1.807, 2.05) is 19.1 Å². The molecule has 1 aliphatic rings. The number of aromatic hydroxyl groups is 1. The monoisotopic (exact) mass is 509 g/mol. The molecule has 11 heteroatoms. The number of nitrogens with one attached hydrogen (secondary N) is 1. The number of amides is 3. The van der Waals surface area contributed by atoms with Gasteiger partial charge < -0.3 is 26.6 Å². The first kappa shape index (κ1) is 25.1. The van der Waals surface area contributed by atoms with Crippen LogP contribution in [0.15, 0.2) is 48.5 Å². The minimum absolute atomic E-state index is 0.0113. The molecule has 0 unspecified atom stereocenters. The number of carbonyl (C=O) groups is 3. The van der Waals surface area contributed by atoms with Crippen LogP contribution in [-0.2, 0) is 9.53 Å². The molecule has 0 bridgehead atoms. The number of hydrogen-bond acceptors (Lipinski definition) is 8. The number of benzene rings is 2. The number of nitrogens with two attached hydrogens (primary N) is 2. The van der Waals surface area contributed by atoms with Crippen molar-refractivity contribution in [3.05, 3.63) is 70.2 Å². The van der Waals surface area contributed by atoms with Gasteiger partial charge in [0.05, 0.1) is 11.8 Å². The van der Waals surface area contributed by atoms with E-state index < -0.39 is 23.8 Å². The van der Waals surface area contributed by atoms with Crippen LogP contribution in [-0.4, -0.2) is 46.5 Å². The molecule has 0 radical (unpaired) electrons. The zero-order valence-corrected chi connectivity index (χ0v) is 20.5. The second kappa shape index (κ2) is 10.8. The second-order valence-electron chi connectivity index (χ2n) is 8.47. The molecular weight excluding hydrogens is 482 g/mol. The molecule has 2 heterocycles. The largest absolute Gasteiger partial charge is 0.508 e. The Morgan fingerprint density at radius 3 is 2.56 bits per heavy atom. The highest BCUT2D eigenvalue weighted by Gasteiger charge is 2.37. The lowest BCUT2D eigenvalue weighted by molar-refractivity contribution is -0.123. The van der Waals surface area contributed by atoms with Gasteiger partial charge in [0.25, 0.3) is 11.8 Å². The predicted octanol–water partition coefficient (Wildman–Crippen LogP) is 2.52. The van der Waals surface area contributed by atoms with Crippen LogP contribution in [0.3, 0.4) is 0 Å². The van der Waals surface area contributed by atoms with Gasteiger partial charge in [-0.2, -0.15) is 4.37 Å².